The van der Waals surface area contributed by atoms with E-state index in [0.29, 0.717) is 26.1 Å². The van der Waals surface area contributed by atoms with Gasteiger partial charge in [-0.1, -0.05) is 0 Å². The van der Waals surface area contributed by atoms with Crippen molar-refractivity contribution in [3.63, 3.8) is 0 Å². The smallest absolute Gasteiger partial charge is 0.416 e. The highest BCUT2D eigenvalue weighted by atomic mass is 19.4. The molecule has 0 spiro atoms. The fourth-order valence-electron chi connectivity index (χ4n) is 3.38. The summed E-state index contributed by atoms with van der Waals surface area (Å²) in [6, 6.07) is 1.91. The summed E-state index contributed by atoms with van der Waals surface area (Å²) >= 11 is 0. The van der Waals surface area contributed by atoms with Crippen LogP contribution in [0.4, 0.5) is 19.0 Å². The molecule has 0 aromatic carbocycles. The molecule has 2 saturated heterocycles. The van der Waals surface area contributed by atoms with Crippen LogP contribution < -0.4 is 10.2 Å². The number of hydrogen-bond donors (Lipinski definition) is 2. The maximum absolute atomic E-state index is 12.8. The molecule has 1 aromatic rings. The van der Waals surface area contributed by atoms with Crippen LogP contribution in [0, 0.1) is 11.3 Å². The maximum Gasteiger partial charge on any atom is 0.416 e. The Bertz CT molecular complexity index is 593. The Hall–Kier alpha value is -1.83. The predicted octanol–water partition coefficient (Wildman–Crippen LogP) is 1.60. The van der Waals surface area contributed by atoms with E-state index in [1.165, 1.54) is 0 Å². The molecule has 2 bridgehead atoms. The lowest BCUT2D eigenvalue weighted by atomic mass is 9.72. The molecule has 2 unspecified atom stereocenters. The minimum Gasteiger partial charge on any atom is -0.481 e. The number of aromatic nitrogens is 1. The van der Waals surface area contributed by atoms with Crippen LogP contribution >= 0.6 is 0 Å². The van der Waals surface area contributed by atoms with Crippen molar-refractivity contribution in [1.29, 1.82) is 0 Å². The fraction of sp³-hybridized carbons (Fsp3) is 0.571. The number of carboxylic acids is 1. The van der Waals surface area contributed by atoms with E-state index in [4.69, 9.17) is 0 Å². The number of anilines is 1. The van der Waals surface area contributed by atoms with Gasteiger partial charge in [0.1, 0.15) is 5.82 Å². The highest BCUT2D eigenvalue weighted by Gasteiger charge is 2.48. The van der Waals surface area contributed by atoms with Gasteiger partial charge in [0.15, 0.2) is 0 Å². The van der Waals surface area contributed by atoms with Crippen molar-refractivity contribution in [3.05, 3.63) is 23.9 Å². The van der Waals surface area contributed by atoms with Crippen LogP contribution in [0.25, 0.3) is 0 Å². The topological polar surface area (TPSA) is 65.5 Å². The van der Waals surface area contributed by atoms with Crippen LogP contribution in [0.2, 0.25) is 0 Å². The number of nitrogens with zero attached hydrogens (tertiary/aromatic N) is 2. The average molecular weight is 315 g/mol. The first-order valence-electron chi connectivity index (χ1n) is 7.02. The van der Waals surface area contributed by atoms with Crippen molar-refractivity contribution in [2.45, 2.75) is 12.6 Å². The third-order valence-corrected chi connectivity index (χ3v) is 4.40. The summed E-state index contributed by atoms with van der Waals surface area (Å²) in [6.07, 6.45) is -2.77. The zero-order valence-electron chi connectivity index (χ0n) is 11.7. The van der Waals surface area contributed by atoms with E-state index in [1.807, 2.05) is 0 Å². The van der Waals surface area contributed by atoms with Gasteiger partial charge in [0.2, 0.25) is 0 Å². The van der Waals surface area contributed by atoms with Crippen molar-refractivity contribution in [2.75, 3.05) is 31.1 Å². The number of nitrogens with one attached hydrogen (secondary N) is 1. The molecule has 0 aliphatic carbocycles. The molecule has 0 radical (unpaired) electrons. The summed E-state index contributed by atoms with van der Waals surface area (Å²) in [5, 5.41) is 12.6. The minimum absolute atomic E-state index is 0.0925. The number of piperidine rings is 2. The second-order valence-corrected chi connectivity index (χ2v) is 6.07. The number of rotatable bonds is 2. The molecule has 2 aliphatic rings. The number of fused-ring (bicyclic) bond motifs is 2. The monoisotopic (exact) mass is 315 g/mol. The summed E-state index contributed by atoms with van der Waals surface area (Å²) in [5.74, 6) is -0.636. The van der Waals surface area contributed by atoms with Crippen LogP contribution in [0.15, 0.2) is 18.3 Å². The summed E-state index contributed by atoms with van der Waals surface area (Å²) in [6.45, 7) is 1.68. The standard InChI is InChI=1S/C14H16F3N3O2/c15-14(16,17)10-1-2-19-11(3-10)20-6-9-4-13(8-20,12(21)22)7-18-5-9/h1-3,9,18H,4-8H2,(H,21,22). The maximum atomic E-state index is 12.8. The van der Waals surface area contributed by atoms with E-state index in [2.05, 4.69) is 10.3 Å². The normalized spacial score (nSPS) is 28.5. The lowest BCUT2D eigenvalue weighted by molar-refractivity contribution is -0.151. The van der Waals surface area contributed by atoms with Gasteiger partial charge >= 0.3 is 12.1 Å². The van der Waals surface area contributed by atoms with Crippen molar-refractivity contribution < 1.29 is 23.1 Å². The van der Waals surface area contributed by atoms with Crippen LogP contribution in [0.5, 0.6) is 0 Å². The molecule has 0 amide bonds. The molecule has 2 aliphatic heterocycles. The Morgan fingerprint density at radius 2 is 2.27 bits per heavy atom. The molecular formula is C14H16F3N3O2. The fourth-order valence-corrected chi connectivity index (χ4v) is 3.38. The molecule has 8 heteroatoms. The first-order valence-corrected chi connectivity index (χ1v) is 7.02. The van der Waals surface area contributed by atoms with Gasteiger partial charge in [0.05, 0.1) is 11.0 Å². The van der Waals surface area contributed by atoms with E-state index in [0.717, 1.165) is 18.3 Å². The number of alkyl halides is 3. The molecule has 0 saturated carbocycles. The molecule has 2 fully saturated rings. The third kappa shape index (κ3) is 2.63. The van der Waals surface area contributed by atoms with Crippen LogP contribution in [-0.4, -0.2) is 42.2 Å². The van der Waals surface area contributed by atoms with Gasteiger partial charge < -0.3 is 15.3 Å². The van der Waals surface area contributed by atoms with E-state index in [9.17, 15) is 23.1 Å². The minimum atomic E-state index is -4.44. The number of pyridine rings is 1. The van der Waals surface area contributed by atoms with Crippen molar-refractivity contribution in [1.82, 2.24) is 10.3 Å². The Morgan fingerprint density at radius 3 is 2.95 bits per heavy atom. The Kier molecular flexibility index (Phi) is 3.51. The van der Waals surface area contributed by atoms with Gasteiger partial charge in [-0.15, -0.1) is 0 Å². The van der Waals surface area contributed by atoms with Gasteiger partial charge in [0, 0.05) is 25.8 Å². The summed E-state index contributed by atoms with van der Waals surface area (Å²) in [4.78, 5) is 17.3. The molecule has 2 atom stereocenters. The number of hydrogen-bond acceptors (Lipinski definition) is 4. The van der Waals surface area contributed by atoms with Gasteiger partial charge in [-0.2, -0.15) is 13.2 Å². The van der Waals surface area contributed by atoms with Gasteiger partial charge in [-0.25, -0.2) is 4.98 Å². The first-order chi connectivity index (χ1) is 10.3. The lowest BCUT2D eigenvalue weighted by Crippen LogP contribution is -2.61. The zero-order chi connectivity index (χ0) is 16.0. The molecule has 5 nitrogen and oxygen atoms in total. The molecule has 120 valence electrons. The first kappa shape index (κ1) is 15.1. The molecule has 3 heterocycles. The molecule has 2 N–H and O–H groups in total. The van der Waals surface area contributed by atoms with Crippen molar-refractivity contribution >= 4 is 11.8 Å². The van der Waals surface area contributed by atoms with E-state index >= 15 is 0 Å². The zero-order valence-corrected chi connectivity index (χ0v) is 11.7. The van der Waals surface area contributed by atoms with Crippen LogP contribution in [-0.2, 0) is 11.0 Å². The van der Waals surface area contributed by atoms with Crippen LogP contribution in [0.1, 0.15) is 12.0 Å². The summed E-state index contributed by atoms with van der Waals surface area (Å²) in [5.41, 5.74) is -1.73. The summed E-state index contributed by atoms with van der Waals surface area (Å²) < 4.78 is 38.5. The predicted molar refractivity (Wildman–Crippen MR) is 72.5 cm³/mol. The Balaban J connectivity index is 1.91. The van der Waals surface area contributed by atoms with Crippen LogP contribution in [0.3, 0.4) is 0 Å². The van der Waals surface area contributed by atoms with E-state index in [-0.39, 0.29) is 18.3 Å². The van der Waals surface area contributed by atoms with Gasteiger partial charge in [0.25, 0.3) is 0 Å². The molecule has 3 rings (SSSR count). The third-order valence-electron chi connectivity index (χ3n) is 4.40. The summed E-state index contributed by atoms with van der Waals surface area (Å²) in [7, 11) is 0. The second-order valence-electron chi connectivity index (χ2n) is 6.07. The van der Waals surface area contributed by atoms with Gasteiger partial charge in [-0.3, -0.25) is 4.79 Å². The Labute approximate surface area is 125 Å². The van der Waals surface area contributed by atoms with Gasteiger partial charge in [-0.05, 0) is 31.0 Å². The van der Waals surface area contributed by atoms with Crippen molar-refractivity contribution in [2.24, 2.45) is 11.3 Å². The Morgan fingerprint density at radius 1 is 1.50 bits per heavy atom. The SMILES string of the molecule is O=C(O)C12CNCC(CN(c3cc(C(F)(F)F)ccn3)C1)C2. The van der Waals surface area contributed by atoms with Crippen molar-refractivity contribution in [3.8, 4) is 0 Å². The second kappa shape index (κ2) is 5.12. The van der Waals surface area contributed by atoms with E-state index in [1.54, 1.807) is 4.90 Å². The molecular weight excluding hydrogens is 299 g/mol. The number of carbonyl (C=O) groups is 1. The molecule has 22 heavy (non-hydrogen) atoms. The lowest BCUT2D eigenvalue weighted by Gasteiger charge is -2.47. The quantitative estimate of drug-likeness (QED) is 0.868. The number of carboxylic acid groups (broad SMARTS) is 1. The largest absolute Gasteiger partial charge is 0.481 e. The average Bonchev–Trinajstić information content (AvgIpc) is 2.46. The number of halogens is 3. The number of aliphatic carboxylic acids is 1. The molecule has 1 aromatic heterocycles. The van der Waals surface area contributed by atoms with E-state index < -0.39 is 23.1 Å². The highest BCUT2D eigenvalue weighted by Crippen LogP contribution is 2.38. The highest BCUT2D eigenvalue weighted by molar-refractivity contribution is 5.76.